The summed E-state index contributed by atoms with van der Waals surface area (Å²) in [4.78, 5) is 1.55. The van der Waals surface area contributed by atoms with Crippen molar-refractivity contribution in [3.63, 3.8) is 0 Å². The highest BCUT2D eigenvalue weighted by molar-refractivity contribution is 7.93. The molecule has 0 amide bonds. The first-order valence-corrected chi connectivity index (χ1v) is 4.99. The van der Waals surface area contributed by atoms with Gasteiger partial charge < -0.3 is 5.73 Å². The number of hydrogen-bond donors (Lipinski definition) is 1. The van der Waals surface area contributed by atoms with Crippen molar-refractivity contribution in [3.8, 4) is 0 Å². The largest absolute Gasteiger partial charge is 0.327 e. The SMILES string of the molecule is C=CC1=C(CN)CCC(=C)S1=O. The van der Waals surface area contributed by atoms with E-state index < -0.39 is 10.8 Å². The first-order valence-electron chi connectivity index (χ1n) is 3.84. The van der Waals surface area contributed by atoms with E-state index in [1.54, 1.807) is 6.08 Å². The molecule has 3 heteroatoms. The molecule has 1 aliphatic heterocycles. The second-order valence-corrected chi connectivity index (χ2v) is 4.24. The molecule has 1 aliphatic rings. The standard InChI is InChI=1S/C9H13NOS/c1-3-9-8(6-10)5-4-7(2)12(9)11/h3H,1-2,4-6,10H2. The fourth-order valence-electron chi connectivity index (χ4n) is 1.22. The van der Waals surface area contributed by atoms with E-state index in [9.17, 15) is 4.21 Å². The second-order valence-electron chi connectivity index (χ2n) is 2.68. The Bertz CT molecular complexity index is 278. The van der Waals surface area contributed by atoms with Crippen molar-refractivity contribution in [2.75, 3.05) is 6.54 Å². The highest BCUT2D eigenvalue weighted by Crippen LogP contribution is 2.28. The molecule has 0 bridgehead atoms. The molecule has 1 heterocycles. The molecule has 12 heavy (non-hydrogen) atoms. The predicted molar refractivity (Wildman–Crippen MR) is 52.8 cm³/mol. The lowest BCUT2D eigenvalue weighted by Crippen LogP contribution is -2.13. The molecule has 66 valence electrons. The normalized spacial score (nSPS) is 24.4. The van der Waals surface area contributed by atoms with Gasteiger partial charge in [0.1, 0.15) is 0 Å². The Hall–Kier alpha value is -0.670. The van der Waals surface area contributed by atoms with Gasteiger partial charge in [0.2, 0.25) is 0 Å². The van der Waals surface area contributed by atoms with Gasteiger partial charge in [0, 0.05) is 16.4 Å². The third kappa shape index (κ3) is 1.57. The Kier molecular flexibility index (Phi) is 3.00. The Morgan fingerprint density at radius 2 is 2.25 bits per heavy atom. The topological polar surface area (TPSA) is 43.1 Å². The Morgan fingerprint density at radius 3 is 2.75 bits per heavy atom. The van der Waals surface area contributed by atoms with E-state index in [2.05, 4.69) is 13.2 Å². The van der Waals surface area contributed by atoms with Gasteiger partial charge in [-0.3, -0.25) is 0 Å². The Morgan fingerprint density at radius 1 is 1.58 bits per heavy atom. The van der Waals surface area contributed by atoms with Gasteiger partial charge in [-0.15, -0.1) is 0 Å². The summed E-state index contributed by atoms with van der Waals surface area (Å²) in [6.45, 7) is 7.83. The average molecular weight is 183 g/mol. The van der Waals surface area contributed by atoms with Gasteiger partial charge in [-0.2, -0.15) is 0 Å². The second kappa shape index (κ2) is 3.83. The number of hydrogen-bond acceptors (Lipinski definition) is 2. The molecule has 0 saturated heterocycles. The van der Waals surface area contributed by atoms with E-state index in [-0.39, 0.29) is 0 Å². The summed E-state index contributed by atoms with van der Waals surface area (Å²) >= 11 is 0. The van der Waals surface area contributed by atoms with E-state index in [4.69, 9.17) is 5.73 Å². The number of nitrogens with two attached hydrogens (primary N) is 1. The molecular formula is C9H13NOS. The molecule has 0 fully saturated rings. The van der Waals surface area contributed by atoms with Crippen LogP contribution >= 0.6 is 0 Å². The molecule has 0 spiro atoms. The van der Waals surface area contributed by atoms with Crippen molar-refractivity contribution in [1.29, 1.82) is 0 Å². The van der Waals surface area contributed by atoms with Crippen LogP contribution < -0.4 is 5.73 Å². The fraction of sp³-hybridized carbons (Fsp3) is 0.333. The molecule has 0 aromatic heterocycles. The van der Waals surface area contributed by atoms with Crippen LogP contribution in [0.4, 0.5) is 0 Å². The summed E-state index contributed by atoms with van der Waals surface area (Å²) in [5.74, 6) is 0. The molecule has 2 nitrogen and oxygen atoms in total. The zero-order chi connectivity index (χ0) is 9.14. The van der Waals surface area contributed by atoms with Gasteiger partial charge >= 0.3 is 0 Å². The van der Waals surface area contributed by atoms with E-state index in [0.29, 0.717) is 6.54 Å². The van der Waals surface area contributed by atoms with Gasteiger partial charge in [0.05, 0.1) is 10.8 Å². The smallest absolute Gasteiger partial charge is 0.0802 e. The lowest BCUT2D eigenvalue weighted by atomic mass is 10.1. The van der Waals surface area contributed by atoms with Crippen molar-refractivity contribution >= 4 is 10.8 Å². The Balaban J connectivity index is 3.07. The maximum Gasteiger partial charge on any atom is 0.0802 e. The summed E-state index contributed by atoms with van der Waals surface area (Å²) in [5, 5.41) is 0. The van der Waals surface area contributed by atoms with Crippen molar-refractivity contribution in [1.82, 2.24) is 0 Å². The van der Waals surface area contributed by atoms with Crippen molar-refractivity contribution in [2.45, 2.75) is 12.8 Å². The minimum atomic E-state index is -1.07. The van der Waals surface area contributed by atoms with Crippen LogP contribution in [0.5, 0.6) is 0 Å². The third-order valence-electron chi connectivity index (χ3n) is 1.95. The Labute approximate surface area is 75.3 Å². The highest BCUT2D eigenvalue weighted by Gasteiger charge is 2.18. The van der Waals surface area contributed by atoms with Gasteiger partial charge in [-0.05, 0) is 18.4 Å². The molecule has 0 saturated carbocycles. The van der Waals surface area contributed by atoms with Crippen molar-refractivity contribution < 1.29 is 4.21 Å². The van der Waals surface area contributed by atoms with Crippen LogP contribution in [0.2, 0.25) is 0 Å². The number of rotatable bonds is 2. The molecule has 0 radical (unpaired) electrons. The molecule has 1 rings (SSSR count). The maximum atomic E-state index is 11.6. The molecule has 0 aromatic rings. The van der Waals surface area contributed by atoms with Crippen LogP contribution in [-0.2, 0) is 10.8 Å². The van der Waals surface area contributed by atoms with Crippen molar-refractivity contribution in [2.24, 2.45) is 5.73 Å². The van der Waals surface area contributed by atoms with Crippen LogP contribution in [0.15, 0.2) is 34.6 Å². The van der Waals surface area contributed by atoms with E-state index >= 15 is 0 Å². The minimum Gasteiger partial charge on any atom is -0.327 e. The summed E-state index contributed by atoms with van der Waals surface area (Å²) < 4.78 is 11.6. The predicted octanol–water partition coefficient (Wildman–Crippen LogP) is 1.44. The van der Waals surface area contributed by atoms with E-state index in [0.717, 1.165) is 28.2 Å². The lowest BCUT2D eigenvalue weighted by molar-refractivity contribution is 0.686. The molecule has 2 N–H and O–H groups in total. The highest BCUT2D eigenvalue weighted by atomic mass is 32.2. The average Bonchev–Trinajstić information content (AvgIpc) is 2.09. The molecule has 0 aromatic carbocycles. The zero-order valence-corrected chi connectivity index (χ0v) is 7.82. The van der Waals surface area contributed by atoms with Crippen LogP contribution in [0, 0.1) is 0 Å². The monoisotopic (exact) mass is 183 g/mol. The minimum absolute atomic E-state index is 0.473. The molecule has 1 unspecified atom stereocenters. The van der Waals surface area contributed by atoms with Crippen LogP contribution in [0.1, 0.15) is 12.8 Å². The van der Waals surface area contributed by atoms with Crippen LogP contribution in [0.25, 0.3) is 0 Å². The number of allylic oxidation sites excluding steroid dienone is 2. The first-order chi connectivity index (χ1) is 5.70. The van der Waals surface area contributed by atoms with E-state index in [1.165, 1.54) is 0 Å². The summed E-state index contributed by atoms with van der Waals surface area (Å²) in [7, 11) is -1.07. The molecule has 1 atom stereocenters. The van der Waals surface area contributed by atoms with E-state index in [1.807, 2.05) is 0 Å². The zero-order valence-electron chi connectivity index (χ0n) is 7.01. The van der Waals surface area contributed by atoms with Gasteiger partial charge in [0.25, 0.3) is 0 Å². The quantitative estimate of drug-likeness (QED) is 0.704. The summed E-state index contributed by atoms with van der Waals surface area (Å²) in [6, 6.07) is 0. The lowest BCUT2D eigenvalue weighted by Gasteiger charge is -2.17. The maximum absolute atomic E-state index is 11.6. The van der Waals surface area contributed by atoms with Gasteiger partial charge in [-0.25, -0.2) is 4.21 Å². The first kappa shape index (κ1) is 9.42. The summed E-state index contributed by atoms with van der Waals surface area (Å²) in [5.41, 5.74) is 6.56. The van der Waals surface area contributed by atoms with Crippen LogP contribution in [0.3, 0.4) is 0 Å². The van der Waals surface area contributed by atoms with Gasteiger partial charge in [0.15, 0.2) is 0 Å². The molecular weight excluding hydrogens is 170 g/mol. The fourth-order valence-corrected chi connectivity index (χ4v) is 2.41. The van der Waals surface area contributed by atoms with Gasteiger partial charge in [-0.1, -0.05) is 19.2 Å². The summed E-state index contributed by atoms with van der Waals surface area (Å²) in [6.07, 6.45) is 3.29. The van der Waals surface area contributed by atoms with Crippen LogP contribution in [-0.4, -0.2) is 10.8 Å². The molecule has 0 aliphatic carbocycles. The van der Waals surface area contributed by atoms with Crippen molar-refractivity contribution in [3.05, 3.63) is 34.6 Å². The third-order valence-corrected chi connectivity index (χ3v) is 3.53.